The van der Waals surface area contributed by atoms with Gasteiger partial charge in [-0.3, -0.25) is 9.97 Å². The van der Waals surface area contributed by atoms with Gasteiger partial charge in [0.15, 0.2) is 0 Å². The minimum Gasteiger partial charge on any atom is -0.415 e. The average molecular weight is 547 g/mol. The van der Waals surface area contributed by atoms with Gasteiger partial charge in [-0.2, -0.15) is 0 Å². The third kappa shape index (κ3) is 4.92. The normalized spacial score (nSPS) is 12.5. The van der Waals surface area contributed by atoms with Gasteiger partial charge in [-0.05, 0) is 36.8 Å². The molecule has 0 spiro atoms. The van der Waals surface area contributed by atoms with Crippen LogP contribution in [0.4, 0.5) is 0 Å². The molecule has 0 saturated heterocycles. The molecular formula is C27H32N6Pd. The summed E-state index contributed by atoms with van der Waals surface area (Å²) in [5.74, 6) is 1.61. The number of hydrogen-bond acceptors (Lipinski definition) is 4. The quantitative estimate of drug-likeness (QED) is 0.255. The maximum Gasteiger partial charge on any atom is 2.00 e. The van der Waals surface area contributed by atoms with Gasteiger partial charge < -0.3 is 19.1 Å². The van der Waals surface area contributed by atoms with E-state index in [-0.39, 0.29) is 31.3 Å². The Morgan fingerprint density at radius 1 is 0.618 bits per heavy atom. The Balaban J connectivity index is 0.00000324. The maximum absolute atomic E-state index is 5.01. The largest absolute Gasteiger partial charge is 2.00 e. The fraction of sp³-hybridized carbons (Fsp3) is 0.407. The van der Waals surface area contributed by atoms with Crippen LogP contribution in [0.25, 0.3) is 11.6 Å². The Bertz CT molecular complexity index is 1170. The summed E-state index contributed by atoms with van der Waals surface area (Å²) < 4.78 is 3.89. The van der Waals surface area contributed by atoms with Gasteiger partial charge in [-0.15, -0.1) is 0 Å². The molecule has 0 aromatic carbocycles. The van der Waals surface area contributed by atoms with E-state index in [1.54, 1.807) is 0 Å². The Labute approximate surface area is 216 Å². The molecule has 0 fully saturated rings. The van der Waals surface area contributed by atoms with Crippen LogP contribution in [0.5, 0.6) is 0 Å². The molecule has 0 aliphatic heterocycles. The molecule has 0 unspecified atom stereocenters. The molecule has 6 nitrogen and oxygen atoms in total. The first-order chi connectivity index (χ1) is 15.4. The van der Waals surface area contributed by atoms with Crippen LogP contribution in [0.15, 0.2) is 48.8 Å². The molecule has 0 atom stereocenters. The Kier molecular flexibility index (Phi) is 7.04. The molecule has 0 saturated carbocycles. The van der Waals surface area contributed by atoms with E-state index >= 15 is 0 Å². The zero-order chi connectivity index (χ0) is 24.0. The summed E-state index contributed by atoms with van der Waals surface area (Å²) in [4.78, 5) is 18.5. The van der Waals surface area contributed by atoms with Crippen LogP contribution in [-0.2, 0) is 36.7 Å². The van der Waals surface area contributed by atoms with Crippen molar-refractivity contribution in [1.29, 1.82) is 0 Å². The second kappa shape index (κ2) is 9.20. The zero-order valence-corrected chi connectivity index (χ0v) is 22.7. The third-order valence-corrected chi connectivity index (χ3v) is 5.92. The minimum atomic E-state index is -0.420. The average Bonchev–Trinajstić information content (AvgIpc) is 3.43. The van der Waals surface area contributed by atoms with Gasteiger partial charge in [-0.1, -0.05) is 89.6 Å². The fourth-order valence-electron chi connectivity index (χ4n) is 3.85. The number of nitrogens with zero attached hydrogens (tertiary/aromatic N) is 6. The summed E-state index contributed by atoms with van der Waals surface area (Å²) in [6.45, 7) is 17.3. The van der Waals surface area contributed by atoms with E-state index in [9.17, 15) is 0 Å². The SMILES string of the molecule is CC(C)(C)c1cn[c-]n1-c1cccc(C(C)(C)c2cccc(-n3[c-]ncc3C(C)(C)C)n2)n1.[Pd+2]. The van der Waals surface area contributed by atoms with Crippen LogP contribution in [0.3, 0.4) is 0 Å². The molecule has 0 bridgehead atoms. The van der Waals surface area contributed by atoms with Crippen molar-refractivity contribution in [2.75, 3.05) is 0 Å². The van der Waals surface area contributed by atoms with E-state index < -0.39 is 5.41 Å². The van der Waals surface area contributed by atoms with Gasteiger partial charge in [0, 0.05) is 29.5 Å². The molecule has 0 radical (unpaired) electrons. The van der Waals surface area contributed by atoms with Crippen molar-refractivity contribution >= 4 is 0 Å². The van der Waals surface area contributed by atoms with Crippen LogP contribution in [0, 0.1) is 12.7 Å². The van der Waals surface area contributed by atoms with Crippen LogP contribution in [0.1, 0.15) is 78.2 Å². The van der Waals surface area contributed by atoms with Gasteiger partial charge in [0.05, 0.1) is 11.6 Å². The van der Waals surface area contributed by atoms with Crippen molar-refractivity contribution < 1.29 is 20.4 Å². The summed E-state index contributed by atoms with van der Waals surface area (Å²) in [6.07, 6.45) is 9.86. The topological polar surface area (TPSA) is 61.4 Å². The van der Waals surface area contributed by atoms with Gasteiger partial charge >= 0.3 is 20.4 Å². The first-order valence-corrected chi connectivity index (χ1v) is 11.3. The van der Waals surface area contributed by atoms with E-state index in [1.807, 2.05) is 45.8 Å². The fourth-order valence-corrected chi connectivity index (χ4v) is 3.85. The van der Waals surface area contributed by atoms with Gasteiger partial charge in [0.2, 0.25) is 0 Å². The van der Waals surface area contributed by atoms with E-state index in [4.69, 9.17) is 9.97 Å². The number of pyridine rings is 2. The molecule has 4 rings (SSSR count). The molecule has 0 amide bonds. The predicted octanol–water partition coefficient (Wildman–Crippen LogP) is 5.37. The second-order valence-electron chi connectivity index (χ2n) is 11.0. The van der Waals surface area contributed by atoms with Gasteiger partial charge in [-0.25, -0.2) is 0 Å². The number of rotatable bonds is 4. The van der Waals surface area contributed by atoms with E-state index in [0.29, 0.717) is 0 Å². The number of hydrogen-bond donors (Lipinski definition) is 0. The van der Waals surface area contributed by atoms with Crippen molar-refractivity contribution in [1.82, 2.24) is 29.1 Å². The van der Waals surface area contributed by atoms with Crippen molar-refractivity contribution in [3.8, 4) is 11.6 Å². The molecule has 0 N–H and O–H groups in total. The summed E-state index contributed by atoms with van der Waals surface area (Å²) >= 11 is 0. The summed E-state index contributed by atoms with van der Waals surface area (Å²) in [5.41, 5.74) is 3.43. The van der Waals surface area contributed by atoms with Crippen molar-refractivity contribution in [2.24, 2.45) is 0 Å². The van der Waals surface area contributed by atoms with Crippen LogP contribution < -0.4 is 0 Å². The molecule has 0 aliphatic rings. The van der Waals surface area contributed by atoms with Crippen molar-refractivity contribution in [2.45, 2.75) is 71.6 Å². The Morgan fingerprint density at radius 3 is 1.35 bits per heavy atom. The predicted molar refractivity (Wildman–Crippen MR) is 130 cm³/mol. The van der Waals surface area contributed by atoms with Crippen LogP contribution >= 0.6 is 0 Å². The number of imidazole rings is 2. The van der Waals surface area contributed by atoms with E-state index in [0.717, 1.165) is 34.4 Å². The monoisotopic (exact) mass is 546 g/mol. The molecule has 34 heavy (non-hydrogen) atoms. The van der Waals surface area contributed by atoms with Gasteiger partial charge in [0.1, 0.15) is 0 Å². The first-order valence-electron chi connectivity index (χ1n) is 11.3. The zero-order valence-electron chi connectivity index (χ0n) is 21.1. The van der Waals surface area contributed by atoms with Crippen molar-refractivity contribution in [3.63, 3.8) is 0 Å². The molecule has 4 aromatic heterocycles. The molecule has 4 aromatic rings. The van der Waals surface area contributed by atoms with E-state index in [1.165, 1.54) is 0 Å². The molecule has 180 valence electrons. The van der Waals surface area contributed by atoms with Gasteiger partial charge in [0.25, 0.3) is 0 Å². The minimum absolute atomic E-state index is 0. The van der Waals surface area contributed by atoms with Crippen LogP contribution in [0.2, 0.25) is 0 Å². The summed E-state index contributed by atoms with van der Waals surface area (Å²) in [7, 11) is 0. The standard InChI is InChI=1S/C27H32N6.Pd/c1-25(2,3)21-15-28-17-32(21)23-13-9-11-19(30-23)27(7,8)20-12-10-14-24(31-20)33-18-29-16-22(33)26(4,5)6;/h9-16H,1-8H3;/q-2;+2. The summed E-state index contributed by atoms with van der Waals surface area (Å²) in [5, 5.41) is 0. The second-order valence-corrected chi connectivity index (χ2v) is 11.0. The smallest absolute Gasteiger partial charge is 0.415 e. The number of aromatic nitrogens is 6. The molecule has 4 heterocycles. The van der Waals surface area contributed by atoms with Crippen molar-refractivity contribution in [3.05, 3.63) is 84.2 Å². The molecule has 0 aliphatic carbocycles. The summed E-state index contributed by atoms with van der Waals surface area (Å²) in [6, 6.07) is 12.2. The first kappa shape index (κ1) is 26.0. The van der Waals surface area contributed by atoms with E-state index in [2.05, 4.69) is 90.1 Å². The molecular weight excluding hydrogens is 515 g/mol. The molecule has 7 heteroatoms. The Hall–Kier alpha value is -2.62. The third-order valence-electron chi connectivity index (χ3n) is 5.92. The Morgan fingerprint density at radius 2 is 1.00 bits per heavy atom. The maximum atomic E-state index is 5.01. The van der Waals surface area contributed by atoms with Crippen LogP contribution in [-0.4, -0.2) is 29.1 Å².